The highest BCUT2D eigenvalue weighted by atomic mass is 16.3. The molecule has 0 saturated heterocycles. The van der Waals surface area contributed by atoms with Crippen molar-refractivity contribution >= 4 is 6.03 Å². The van der Waals surface area contributed by atoms with Gasteiger partial charge in [-0.15, -0.1) is 0 Å². The molecule has 0 fully saturated rings. The molecule has 0 aromatic carbocycles. The molecule has 5 heteroatoms. The first kappa shape index (κ1) is 10.2. The maximum atomic E-state index is 10.7. The molecule has 1 atom stereocenters. The second-order valence-electron chi connectivity index (χ2n) is 2.18. The van der Waals surface area contributed by atoms with Gasteiger partial charge >= 0.3 is 6.03 Å². The first-order valence-electron chi connectivity index (χ1n) is 3.58. The van der Waals surface area contributed by atoms with Crippen LogP contribution < -0.4 is 16.4 Å². The fourth-order valence-electron chi connectivity index (χ4n) is 0.511. The lowest BCUT2D eigenvalue weighted by Gasteiger charge is -2.09. The van der Waals surface area contributed by atoms with E-state index >= 15 is 0 Å². The molecule has 5 nitrogen and oxygen atoms in total. The second kappa shape index (κ2) is 5.94. The molecule has 11 heavy (non-hydrogen) atoms. The zero-order valence-corrected chi connectivity index (χ0v) is 6.63. The molecule has 0 aliphatic heterocycles. The van der Waals surface area contributed by atoms with E-state index in [2.05, 4.69) is 10.6 Å². The maximum absolute atomic E-state index is 10.7. The van der Waals surface area contributed by atoms with Crippen LogP contribution in [0.1, 0.15) is 6.92 Å². The summed E-state index contributed by atoms with van der Waals surface area (Å²) in [7, 11) is 0. The van der Waals surface area contributed by atoms with Crippen molar-refractivity contribution in [2.45, 2.75) is 13.0 Å². The maximum Gasteiger partial charge on any atom is 0.314 e. The molecule has 0 aromatic rings. The Morgan fingerprint density at radius 1 is 1.64 bits per heavy atom. The van der Waals surface area contributed by atoms with Gasteiger partial charge in [-0.05, 0) is 6.92 Å². The molecule has 0 aromatic heterocycles. The van der Waals surface area contributed by atoms with E-state index in [1.165, 1.54) is 0 Å². The zero-order valence-electron chi connectivity index (χ0n) is 6.63. The fourth-order valence-corrected chi connectivity index (χ4v) is 0.511. The van der Waals surface area contributed by atoms with Crippen LogP contribution in [-0.2, 0) is 0 Å². The molecule has 0 saturated carbocycles. The third kappa shape index (κ3) is 5.63. The summed E-state index contributed by atoms with van der Waals surface area (Å²) in [6.45, 7) is 2.58. The summed E-state index contributed by atoms with van der Waals surface area (Å²) >= 11 is 0. The van der Waals surface area contributed by atoms with Crippen molar-refractivity contribution in [3.05, 3.63) is 0 Å². The van der Waals surface area contributed by atoms with Crippen LogP contribution in [-0.4, -0.2) is 36.9 Å². The molecule has 0 radical (unpaired) electrons. The highest BCUT2D eigenvalue weighted by Crippen LogP contribution is 1.72. The van der Waals surface area contributed by atoms with E-state index in [9.17, 15) is 4.79 Å². The van der Waals surface area contributed by atoms with E-state index in [-0.39, 0.29) is 18.7 Å². The van der Waals surface area contributed by atoms with E-state index in [0.717, 1.165) is 0 Å². The van der Waals surface area contributed by atoms with Gasteiger partial charge in [0, 0.05) is 19.1 Å². The Morgan fingerprint density at radius 2 is 2.27 bits per heavy atom. The number of nitrogens with two attached hydrogens (primary N) is 1. The molecular formula is C6H15N3O2. The fraction of sp³-hybridized carbons (Fsp3) is 0.833. The topological polar surface area (TPSA) is 87.4 Å². The summed E-state index contributed by atoms with van der Waals surface area (Å²) in [6.07, 6.45) is 0. The number of aliphatic hydroxyl groups is 1. The summed E-state index contributed by atoms with van der Waals surface area (Å²) in [5.41, 5.74) is 5.32. The number of urea groups is 1. The van der Waals surface area contributed by atoms with Crippen molar-refractivity contribution in [2.75, 3.05) is 19.7 Å². The minimum absolute atomic E-state index is 0.119. The first-order valence-corrected chi connectivity index (χ1v) is 3.58. The van der Waals surface area contributed by atoms with Crippen LogP contribution in [0, 0.1) is 0 Å². The molecule has 0 heterocycles. The molecule has 5 N–H and O–H groups in total. The molecule has 0 aliphatic rings. The van der Waals surface area contributed by atoms with Crippen LogP contribution >= 0.6 is 0 Å². The van der Waals surface area contributed by atoms with Gasteiger partial charge in [-0.3, -0.25) is 0 Å². The molecule has 1 unspecified atom stereocenters. The zero-order chi connectivity index (χ0) is 8.69. The quantitative estimate of drug-likeness (QED) is 0.410. The smallest absolute Gasteiger partial charge is 0.314 e. The number of rotatable bonds is 4. The normalized spacial score (nSPS) is 12.3. The number of nitrogens with one attached hydrogen (secondary N) is 2. The predicted octanol–water partition coefficient (Wildman–Crippen LogP) is -1.37. The monoisotopic (exact) mass is 161 g/mol. The average molecular weight is 161 g/mol. The highest BCUT2D eigenvalue weighted by molar-refractivity contribution is 5.73. The molecule has 0 aliphatic carbocycles. The van der Waals surface area contributed by atoms with Gasteiger partial charge in [0.15, 0.2) is 0 Å². The number of hydrogen-bond acceptors (Lipinski definition) is 3. The lowest BCUT2D eigenvalue weighted by atomic mass is 10.3. The standard InChI is InChI=1S/C6H15N3O2/c1-2-8-6(11)9-3-5(7)4-10/h5,10H,2-4,7H2,1H3,(H2,8,9,11). The first-order chi connectivity index (χ1) is 5.20. The average Bonchev–Trinajstić information content (AvgIpc) is 2.01. The lowest BCUT2D eigenvalue weighted by molar-refractivity contribution is 0.234. The van der Waals surface area contributed by atoms with E-state index in [4.69, 9.17) is 10.8 Å². The van der Waals surface area contributed by atoms with Crippen molar-refractivity contribution in [1.29, 1.82) is 0 Å². The van der Waals surface area contributed by atoms with Crippen molar-refractivity contribution in [1.82, 2.24) is 10.6 Å². The molecule has 0 rings (SSSR count). The van der Waals surface area contributed by atoms with Gasteiger partial charge in [-0.25, -0.2) is 4.79 Å². The number of carbonyl (C=O) groups is 1. The molecular weight excluding hydrogens is 146 g/mol. The molecule has 2 amide bonds. The van der Waals surface area contributed by atoms with Crippen molar-refractivity contribution in [3.8, 4) is 0 Å². The summed E-state index contributed by atoms with van der Waals surface area (Å²) < 4.78 is 0. The van der Waals surface area contributed by atoms with Gasteiger partial charge in [0.1, 0.15) is 0 Å². The largest absolute Gasteiger partial charge is 0.395 e. The van der Waals surface area contributed by atoms with E-state index < -0.39 is 0 Å². The van der Waals surface area contributed by atoms with E-state index in [1.54, 1.807) is 0 Å². The molecule has 0 bridgehead atoms. The van der Waals surface area contributed by atoms with Crippen LogP contribution in [0.5, 0.6) is 0 Å². The Morgan fingerprint density at radius 3 is 2.73 bits per heavy atom. The number of amides is 2. The minimum atomic E-state index is -0.377. The predicted molar refractivity (Wildman–Crippen MR) is 42.1 cm³/mol. The van der Waals surface area contributed by atoms with Gasteiger partial charge in [-0.1, -0.05) is 0 Å². The lowest BCUT2D eigenvalue weighted by Crippen LogP contribution is -2.43. The summed E-state index contributed by atoms with van der Waals surface area (Å²) in [6, 6.07) is -0.631. The van der Waals surface area contributed by atoms with Crippen LogP contribution in [0.25, 0.3) is 0 Å². The summed E-state index contributed by atoms with van der Waals surface area (Å²) in [5, 5.41) is 13.5. The second-order valence-corrected chi connectivity index (χ2v) is 2.18. The van der Waals surface area contributed by atoms with Crippen molar-refractivity contribution < 1.29 is 9.90 Å². The van der Waals surface area contributed by atoms with Gasteiger partial charge in [0.2, 0.25) is 0 Å². The number of aliphatic hydroxyl groups excluding tert-OH is 1. The van der Waals surface area contributed by atoms with Crippen LogP contribution in [0.15, 0.2) is 0 Å². The Labute approximate surface area is 66.0 Å². The third-order valence-electron chi connectivity index (χ3n) is 1.10. The highest BCUT2D eigenvalue weighted by Gasteiger charge is 2.01. The van der Waals surface area contributed by atoms with Gasteiger partial charge in [0.05, 0.1) is 6.61 Å². The third-order valence-corrected chi connectivity index (χ3v) is 1.10. The molecule has 66 valence electrons. The van der Waals surface area contributed by atoms with Crippen LogP contribution in [0.4, 0.5) is 4.79 Å². The van der Waals surface area contributed by atoms with Crippen molar-refractivity contribution in [2.24, 2.45) is 5.73 Å². The minimum Gasteiger partial charge on any atom is -0.395 e. The Balaban J connectivity index is 3.30. The summed E-state index contributed by atoms with van der Waals surface area (Å²) in [5.74, 6) is 0. The number of carbonyl (C=O) groups excluding carboxylic acids is 1. The SMILES string of the molecule is CCNC(=O)NCC(N)CO. The number of hydrogen-bond donors (Lipinski definition) is 4. The van der Waals surface area contributed by atoms with Crippen LogP contribution in [0.3, 0.4) is 0 Å². The Kier molecular flexibility index (Phi) is 5.50. The van der Waals surface area contributed by atoms with Gasteiger partial charge in [-0.2, -0.15) is 0 Å². The van der Waals surface area contributed by atoms with Crippen LogP contribution in [0.2, 0.25) is 0 Å². The van der Waals surface area contributed by atoms with E-state index in [0.29, 0.717) is 13.1 Å². The van der Waals surface area contributed by atoms with Crippen molar-refractivity contribution in [3.63, 3.8) is 0 Å². The summed E-state index contributed by atoms with van der Waals surface area (Å²) in [4.78, 5) is 10.7. The van der Waals surface area contributed by atoms with Gasteiger partial charge < -0.3 is 21.5 Å². The molecule has 0 spiro atoms. The Bertz CT molecular complexity index is 118. The Hall–Kier alpha value is -0.810. The van der Waals surface area contributed by atoms with E-state index in [1.807, 2.05) is 6.92 Å². The van der Waals surface area contributed by atoms with Gasteiger partial charge in [0.25, 0.3) is 0 Å².